The van der Waals surface area contributed by atoms with E-state index in [2.05, 4.69) is 15.3 Å². The molecule has 0 saturated heterocycles. The van der Waals surface area contributed by atoms with Crippen LogP contribution in [0.1, 0.15) is 26.5 Å². The highest BCUT2D eigenvalue weighted by atomic mass is 35.5. The molecule has 0 unspecified atom stereocenters. The van der Waals surface area contributed by atoms with E-state index >= 15 is 0 Å². The molecule has 1 aromatic carbocycles. The maximum Gasteiger partial charge on any atom is 0.356 e. The van der Waals surface area contributed by atoms with E-state index in [9.17, 15) is 9.59 Å². The number of ether oxygens (including phenoxy) is 1. The number of aromatic nitrogens is 2. The number of hydrogen-bond donors (Lipinski definition) is 2. The zero-order chi connectivity index (χ0) is 16.3. The number of halogens is 1. The topological polar surface area (TPSA) is 101 Å². The lowest BCUT2D eigenvalue weighted by Crippen LogP contribution is -2.19. The molecular weight excluding hydrogens is 310 g/mol. The van der Waals surface area contributed by atoms with Crippen molar-refractivity contribution in [3.63, 3.8) is 0 Å². The van der Waals surface area contributed by atoms with Gasteiger partial charge < -0.3 is 15.2 Å². The summed E-state index contributed by atoms with van der Waals surface area (Å²) in [6.45, 7) is 1.77. The van der Waals surface area contributed by atoms with Gasteiger partial charge in [0.05, 0.1) is 12.8 Å². The van der Waals surface area contributed by atoms with Gasteiger partial charge in [0.2, 0.25) is 0 Å². The fourth-order valence-corrected chi connectivity index (χ4v) is 1.93. The maximum absolute atomic E-state index is 12.2. The molecular formula is C14H12ClN3O4. The Morgan fingerprint density at radius 3 is 2.45 bits per heavy atom. The SMILES string of the molecule is COc1cc(Cl)c(C)cc1NC(=O)c1nccnc1C(=O)O. The number of methoxy groups -OCH3 is 1. The number of benzene rings is 1. The molecule has 22 heavy (non-hydrogen) atoms. The molecule has 0 atom stereocenters. The van der Waals surface area contributed by atoms with Gasteiger partial charge in [-0.1, -0.05) is 11.6 Å². The molecule has 0 aliphatic carbocycles. The van der Waals surface area contributed by atoms with Crippen LogP contribution < -0.4 is 10.1 Å². The summed E-state index contributed by atoms with van der Waals surface area (Å²) in [5.41, 5.74) is 0.376. The van der Waals surface area contributed by atoms with Gasteiger partial charge in [-0.2, -0.15) is 0 Å². The minimum absolute atomic E-state index is 0.287. The van der Waals surface area contributed by atoms with Crippen molar-refractivity contribution in [3.05, 3.63) is 46.5 Å². The lowest BCUT2D eigenvalue weighted by Gasteiger charge is -2.12. The molecule has 2 rings (SSSR count). The number of rotatable bonds is 4. The van der Waals surface area contributed by atoms with E-state index in [-0.39, 0.29) is 5.69 Å². The van der Waals surface area contributed by atoms with Crippen LogP contribution in [-0.4, -0.2) is 34.1 Å². The molecule has 0 fully saturated rings. The fraction of sp³-hybridized carbons (Fsp3) is 0.143. The van der Waals surface area contributed by atoms with Gasteiger partial charge >= 0.3 is 5.97 Å². The summed E-state index contributed by atoms with van der Waals surface area (Å²) in [5.74, 6) is -1.69. The standard InChI is InChI=1S/C14H12ClN3O4/c1-7-5-9(10(22-2)6-8(7)15)18-13(19)11-12(14(20)21)17-4-3-16-11/h3-6H,1-2H3,(H,18,19)(H,20,21). The maximum atomic E-state index is 12.2. The first-order valence-corrected chi connectivity index (χ1v) is 6.51. The van der Waals surface area contributed by atoms with E-state index < -0.39 is 17.6 Å². The number of carboxylic acids is 1. The summed E-state index contributed by atoms with van der Waals surface area (Å²) < 4.78 is 5.14. The number of anilines is 1. The van der Waals surface area contributed by atoms with Crippen LogP contribution in [0, 0.1) is 6.92 Å². The number of aromatic carboxylic acids is 1. The summed E-state index contributed by atoms with van der Waals surface area (Å²) in [6, 6.07) is 3.18. The smallest absolute Gasteiger partial charge is 0.356 e. The monoisotopic (exact) mass is 321 g/mol. The minimum atomic E-state index is -1.34. The van der Waals surface area contributed by atoms with E-state index in [0.717, 1.165) is 5.56 Å². The van der Waals surface area contributed by atoms with Crippen LogP contribution in [0.25, 0.3) is 0 Å². The number of hydrogen-bond acceptors (Lipinski definition) is 5. The Bertz CT molecular complexity index is 749. The van der Waals surface area contributed by atoms with Crippen LogP contribution in [0.5, 0.6) is 5.75 Å². The molecule has 0 radical (unpaired) electrons. The van der Waals surface area contributed by atoms with Gasteiger partial charge in [-0.25, -0.2) is 14.8 Å². The largest absolute Gasteiger partial charge is 0.495 e. The summed E-state index contributed by atoms with van der Waals surface area (Å²) in [5, 5.41) is 12.1. The lowest BCUT2D eigenvalue weighted by atomic mass is 10.2. The van der Waals surface area contributed by atoms with Crippen LogP contribution >= 0.6 is 11.6 Å². The third kappa shape index (κ3) is 3.15. The highest BCUT2D eigenvalue weighted by Crippen LogP contribution is 2.31. The van der Waals surface area contributed by atoms with Gasteiger partial charge in [-0.3, -0.25) is 4.79 Å². The van der Waals surface area contributed by atoms with Gasteiger partial charge in [0.15, 0.2) is 11.4 Å². The first-order chi connectivity index (χ1) is 10.4. The van der Waals surface area contributed by atoms with Gasteiger partial charge in [0.1, 0.15) is 5.75 Å². The average molecular weight is 322 g/mol. The number of carboxylic acid groups (broad SMARTS) is 1. The summed E-state index contributed by atoms with van der Waals surface area (Å²) in [7, 11) is 1.43. The Labute approximate surface area is 130 Å². The second-order valence-electron chi connectivity index (χ2n) is 4.31. The highest BCUT2D eigenvalue weighted by Gasteiger charge is 2.20. The molecule has 0 aliphatic heterocycles. The molecule has 0 saturated carbocycles. The third-order valence-corrected chi connectivity index (χ3v) is 3.25. The Morgan fingerprint density at radius 2 is 1.86 bits per heavy atom. The van der Waals surface area contributed by atoms with Gasteiger partial charge in [0.25, 0.3) is 5.91 Å². The van der Waals surface area contributed by atoms with E-state index in [1.54, 1.807) is 19.1 Å². The van der Waals surface area contributed by atoms with Crippen LogP contribution in [0.4, 0.5) is 5.69 Å². The number of carbonyl (C=O) groups is 2. The summed E-state index contributed by atoms with van der Waals surface area (Å²) >= 11 is 5.99. The van der Waals surface area contributed by atoms with Gasteiger partial charge in [0, 0.05) is 23.5 Å². The normalized spacial score (nSPS) is 10.1. The quantitative estimate of drug-likeness (QED) is 0.896. The van der Waals surface area contributed by atoms with Crippen molar-refractivity contribution in [2.24, 2.45) is 0 Å². The predicted octanol–water partition coefficient (Wildman–Crippen LogP) is 2.40. The van der Waals surface area contributed by atoms with Crippen molar-refractivity contribution >= 4 is 29.2 Å². The van der Waals surface area contributed by atoms with Crippen LogP contribution in [0.15, 0.2) is 24.5 Å². The molecule has 1 amide bonds. The number of nitrogens with zero attached hydrogens (tertiary/aromatic N) is 2. The Kier molecular flexibility index (Phi) is 4.57. The number of carbonyl (C=O) groups excluding carboxylic acids is 1. The number of aryl methyl sites for hydroxylation is 1. The Balaban J connectivity index is 2.38. The molecule has 0 aliphatic rings. The van der Waals surface area contributed by atoms with Crippen LogP contribution in [0.3, 0.4) is 0 Å². The van der Waals surface area contributed by atoms with Crippen LogP contribution in [0.2, 0.25) is 5.02 Å². The zero-order valence-corrected chi connectivity index (χ0v) is 12.5. The molecule has 8 heteroatoms. The second-order valence-corrected chi connectivity index (χ2v) is 4.72. The lowest BCUT2D eigenvalue weighted by molar-refractivity contribution is 0.0685. The summed E-state index contributed by atoms with van der Waals surface area (Å²) in [4.78, 5) is 30.7. The zero-order valence-electron chi connectivity index (χ0n) is 11.8. The second kappa shape index (κ2) is 6.40. The van der Waals surface area contributed by atoms with Crippen molar-refractivity contribution in [2.45, 2.75) is 6.92 Å². The van der Waals surface area contributed by atoms with Crippen LogP contribution in [-0.2, 0) is 0 Å². The minimum Gasteiger partial charge on any atom is -0.495 e. The molecule has 1 aromatic heterocycles. The van der Waals surface area contributed by atoms with Crippen molar-refractivity contribution < 1.29 is 19.4 Å². The molecule has 0 bridgehead atoms. The number of nitrogens with one attached hydrogen (secondary N) is 1. The van der Waals surface area contributed by atoms with E-state index in [0.29, 0.717) is 16.5 Å². The van der Waals surface area contributed by atoms with Crippen molar-refractivity contribution in [1.29, 1.82) is 0 Å². The van der Waals surface area contributed by atoms with E-state index in [1.165, 1.54) is 19.5 Å². The number of amides is 1. The van der Waals surface area contributed by atoms with Crippen molar-refractivity contribution in [2.75, 3.05) is 12.4 Å². The summed E-state index contributed by atoms with van der Waals surface area (Å²) in [6.07, 6.45) is 2.44. The molecule has 7 nitrogen and oxygen atoms in total. The average Bonchev–Trinajstić information content (AvgIpc) is 2.50. The predicted molar refractivity (Wildman–Crippen MR) is 79.7 cm³/mol. The first-order valence-electron chi connectivity index (χ1n) is 6.13. The third-order valence-electron chi connectivity index (χ3n) is 2.84. The molecule has 1 heterocycles. The fourth-order valence-electron chi connectivity index (χ4n) is 1.77. The molecule has 2 aromatic rings. The van der Waals surface area contributed by atoms with E-state index in [1.807, 2.05) is 0 Å². The Hall–Kier alpha value is -2.67. The molecule has 114 valence electrons. The Morgan fingerprint density at radius 1 is 1.23 bits per heavy atom. The van der Waals surface area contributed by atoms with Crippen molar-refractivity contribution in [3.8, 4) is 5.75 Å². The molecule has 2 N–H and O–H groups in total. The van der Waals surface area contributed by atoms with E-state index in [4.69, 9.17) is 21.4 Å². The van der Waals surface area contributed by atoms with Gasteiger partial charge in [-0.05, 0) is 18.6 Å². The van der Waals surface area contributed by atoms with Crippen molar-refractivity contribution in [1.82, 2.24) is 9.97 Å². The molecule has 0 spiro atoms. The first kappa shape index (κ1) is 15.7. The van der Waals surface area contributed by atoms with Gasteiger partial charge in [-0.15, -0.1) is 0 Å². The highest BCUT2D eigenvalue weighted by molar-refractivity contribution is 6.31.